The Labute approximate surface area is 319 Å². The summed E-state index contributed by atoms with van der Waals surface area (Å²) in [7, 11) is 0. The van der Waals surface area contributed by atoms with E-state index < -0.39 is 0 Å². The lowest BCUT2D eigenvalue weighted by Crippen LogP contribution is -1.92. The fourth-order valence-electron chi connectivity index (χ4n) is 9.10. The van der Waals surface area contributed by atoms with Crippen LogP contribution in [0.15, 0.2) is 182 Å². The molecule has 0 spiro atoms. The van der Waals surface area contributed by atoms with E-state index in [0.717, 1.165) is 0 Å². The smallest absolute Gasteiger partial charge is 0.0448 e. The van der Waals surface area contributed by atoms with Crippen LogP contribution in [0.4, 0.5) is 0 Å². The fourth-order valence-corrected chi connectivity index (χ4v) is 11.7. The summed E-state index contributed by atoms with van der Waals surface area (Å²) in [4.78, 5) is 0. The maximum absolute atomic E-state index is 2.40. The van der Waals surface area contributed by atoms with Crippen LogP contribution in [0.1, 0.15) is 0 Å². The molecule has 0 bridgehead atoms. The van der Waals surface area contributed by atoms with E-state index in [-0.39, 0.29) is 0 Å². The lowest BCUT2D eigenvalue weighted by atomic mass is 9.84. The Balaban J connectivity index is 1.06. The van der Waals surface area contributed by atoms with Gasteiger partial charge in [0.15, 0.2) is 0 Å². The van der Waals surface area contributed by atoms with Crippen molar-refractivity contribution in [2.24, 2.45) is 0 Å². The highest BCUT2D eigenvalue weighted by Gasteiger charge is 2.20. The molecule has 0 atom stereocenters. The van der Waals surface area contributed by atoms with Crippen molar-refractivity contribution in [3.8, 4) is 33.4 Å². The molecule has 0 fully saturated rings. The zero-order valence-corrected chi connectivity index (χ0v) is 30.8. The number of benzene rings is 10. The maximum Gasteiger partial charge on any atom is 0.0448 e. The van der Waals surface area contributed by atoms with Crippen molar-refractivity contribution in [3.05, 3.63) is 182 Å². The zero-order chi connectivity index (χ0) is 35.3. The van der Waals surface area contributed by atoms with Crippen LogP contribution in [0.25, 0.3) is 117 Å². The maximum atomic E-state index is 2.40. The second-order valence-corrected chi connectivity index (χ2v) is 16.4. The molecular formula is C52H30S2. The van der Waals surface area contributed by atoms with E-state index in [1.165, 1.54) is 117 Å². The van der Waals surface area contributed by atoms with Crippen LogP contribution < -0.4 is 0 Å². The Morgan fingerprint density at radius 2 is 0.833 bits per heavy atom. The summed E-state index contributed by atoms with van der Waals surface area (Å²) < 4.78 is 5.49. The lowest BCUT2D eigenvalue weighted by molar-refractivity contribution is 1.66. The highest BCUT2D eigenvalue weighted by Crippen LogP contribution is 2.48. The molecule has 0 aliphatic carbocycles. The van der Waals surface area contributed by atoms with E-state index >= 15 is 0 Å². The normalized spacial score (nSPS) is 12.1. The summed E-state index contributed by atoms with van der Waals surface area (Å²) in [5.41, 5.74) is 7.60. The van der Waals surface area contributed by atoms with Gasteiger partial charge in [-0.1, -0.05) is 164 Å². The van der Waals surface area contributed by atoms with Crippen molar-refractivity contribution >= 4 is 106 Å². The fraction of sp³-hybridized carbons (Fsp3) is 0. The predicted octanol–water partition coefficient (Wildman–Crippen LogP) is 16.0. The zero-order valence-electron chi connectivity index (χ0n) is 29.1. The number of thiophene rings is 2. The summed E-state index contributed by atoms with van der Waals surface area (Å²) >= 11 is 3.85. The molecule has 12 aromatic rings. The van der Waals surface area contributed by atoms with Gasteiger partial charge in [-0.15, -0.1) is 22.7 Å². The average molecular weight is 719 g/mol. The first-order valence-corrected chi connectivity index (χ1v) is 20.1. The van der Waals surface area contributed by atoms with Gasteiger partial charge in [0.05, 0.1) is 0 Å². The van der Waals surface area contributed by atoms with E-state index in [1.807, 2.05) is 22.7 Å². The number of hydrogen-bond donors (Lipinski definition) is 0. The quantitative estimate of drug-likeness (QED) is 0.160. The molecule has 0 radical (unpaired) electrons. The molecule has 0 amide bonds. The molecular weight excluding hydrogens is 689 g/mol. The third-order valence-corrected chi connectivity index (χ3v) is 13.9. The molecule has 0 nitrogen and oxygen atoms in total. The van der Waals surface area contributed by atoms with Gasteiger partial charge in [0, 0.05) is 40.3 Å². The summed E-state index contributed by atoms with van der Waals surface area (Å²) in [6.07, 6.45) is 0. The molecule has 2 aromatic heterocycles. The standard InChI is InChI=1S/C52H30S2/c1-2-12-31(13-3-1)48-39-17-6-8-19-41(39)49(42-20-9-7-18-40(42)48)43-27-26-34(36-14-4-5-15-37(36)43)32-22-24-35-33(30-32)23-25-45-50-47(54-51(35)45)29-28-44-38-16-10-11-21-46(38)53-52(44)50/h1-30H. The number of fused-ring (bicyclic) bond motifs is 12. The van der Waals surface area contributed by atoms with Crippen LogP contribution in [0.2, 0.25) is 0 Å². The Morgan fingerprint density at radius 3 is 1.57 bits per heavy atom. The third-order valence-electron chi connectivity index (χ3n) is 11.5. The van der Waals surface area contributed by atoms with Crippen molar-refractivity contribution in [1.82, 2.24) is 0 Å². The van der Waals surface area contributed by atoms with E-state index in [0.29, 0.717) is 0 Å². The van der Waals surface area contributed by atoms with Crippen LogP contribution in [0, 0.1) is 0 Å². The molecule has 0 unspecified atom stereocenters. The number of hydrogen-bond acceptors (Lipinski definition) is 2. The summed E-state index contributed by atoms with van der Waals surface area (Å²) in [6.45, 7) is 0. The number of rotatable bonds is 3. The molecule has 0 aliphatic heterocycles. The molecule has 12 rings (SSSR count). The molecule has 0 N–H and O–H groups in total. The minimum Gasteiger partial charge on any atom is -0.134 e. The van der Waals surface area contributed by atoms with Gasteiger partial charge in [-0.05, 0) is 94.7 Å². The first-order valence-electron chi connectivity index (χ1n) is 18.5. The molecule has 0 saturated heterocycles. The average Bonchev–Trinajstić information content (AvgIpc) is 3.81. The molecule has 250 valence electrons. The van der Waals surface area contributed by atoms with Gasteiger partial charge in [0.25, 0.3) is 0 Å². The van der Waals surface area contributed by atoms with Crippen molar-refractivity contribution in [1.29, 1.82) is 0 Å². The molecule has 0 saturated carbocycles. The van der Waals surface area contributed by atoms with Crippen LogP contribution >= 0.6 is 22.7 Å². The highest BCUT2D eigenvalue weighted by molar-refractivity contribution is 7.30. The van der Waals surface area contributed by atoms with E-state index in [2.05, 4.69) is 182 Å². The largest absolute Gasteiger partial charge is 0.134 e. The van der Waals surface area contributed by atoms with Crippen LogP contribution in [-0.4, -0.2) is 0 Å². The van der Waals surface area contributed by atoms with E-state index in [1.54, 1.807) is 0 Å². The molecule has 54 heavy (non-hydrogen) atoms. The molecule has 2 heteroatoms. The Hall–Kier alpha value is -6.32. The first-order chi connectivity index (χ1) is 26.8. The second-order valence-electron chi connectivity index (χ2n) is 14.3. The molecule has 2 heterocycles. The van der Waals surface area contributed by atoms with Gasteiger partial charge in [-0.3, -0.25) is 0 Å². The van der Waals surface area contributed by atoms with Gasteiger partial charge in [-0.2, -0.15) is 0 Å². The Morgan fingerprint density at radius 1 is 0.278 bits per heavy atom. The van der Waals surface area contributed by atoms with Gasteiger partial charge in [0.1, 0.15) is 0 Å². The van der Waals surface area contributed by atoms with Crippen molar-refractivity contribution < 1.29 is 0 Å². The molecule has 10 aromatic carbocycles. The van der Waals surface area contributed by atoms with Gasteiger partial charge in [-0.25, -0.2) is 0 Å². The SMILES string of the molecule is c1ccc(-c2c3ccccc3c(-c3ccc(-c4ccc5c(ccc6c5sc5ccc7c8ccccc8sc7c56)c4)c4ccccc34)c3ccccc23)cc1. The van der Waals surface area contributed by atoms with Crippen molar-refractivity contribution in [2.75, 3.05) is 0 Å². The van der Waals surface area contributed by atoms with Gasteiger partial charge < -0.3 is 0 Å². The van der Waals surface area contributed by atoms with Crippen molar-refractivity contribution in [2.45, 2.75) is 0 Å². The van der Waals surface area contributed by atoms with Crippen LogP contribution in [-0.2, 0) is 0 Å². The van der Waals surface area contributed by atoms with E-state index in [9.17, 15) is 0 Å². The first kappa shape index (κ1) is 30.2. The summed E-state index contributed by atoms with van der Waals surface area (Å²) in [5.74, 6) is 0. The second kappa shape index (κ2) is 11.6. The summed E-state index contributed by atoms with van der Waals surface area (Å²) in [6, 6.07) is 67.7. The summed E-state index contributed by atoms with van der Waals surface area (Å²) in [5, 5.41) is 15.7. The Kier molecular flexibility index (Phi) is 6.48. The predicted molar refractivity (Wildman–Crippen MR) is 239 cm³/mol. The highest BCUT2D eigenvalue weighted by atomic mass is 32.1. The van der Waals surface area contributed by atoms with Crippen LogP contribution in [0.3, 0.4) is 0 Å². The Bertz CT molecular complexity index is 3430. The van der Waals surface area contributed by atoms with Gasteiger partial charge in [0.2, 0.25) is 0 Å². The third kappa shape index (κ3) is 4.30. The minimum absolute atomic E-state index is 1.24. The minimum atomic E-state index is 1.24. The topological polar surface area (TPSA) is 0 Å². The molecule has 0 aliphatic rings. The lowest BCUT2D eigenvalue weighted by Gasteiger charge is -2.19. The van der Waals surface area contributed by atoms with Gasteiger partial charge >= 0.3 is 0 Å². The monoisotopic (exact) mass is 718 g/mol. The van der Waals surface area contributed by atoms with Crippen molar-refractivity contribution in [3.63, 3.8) is 0 Å². The van der Waals surface area contributed by atoms with Crippen LogP contribution in [0.5, 0.6) is 0 Å². The van der Waals surface area contributed by atoms with E-state index in [4.69, 9.17) is 0 Å².